The Morgan fingerprint density at radius 1 is 1.33 bits per heavy atom. The summed E-state index contributed by atoms with van der Waals surface area (Å²) >= 11 is 0. The Balaban J connectivity index is 2.19. The molecule has 1 heterocycles. The van der Waals surface area contributed by atoms with E-state index in [1.54, 1.807) is 0 Å². The van der Waals surface area contributed by atoms with Gasteiger partial charge in [0.1, 0.15) is 0 Å². The van der Waals surface area contributed by atoms with Gasteiger partial charge < -0.3 is 4.98 Å². The third-order valence-corrected chi connectivity index (χ3v) is 2.83. The van der Waals surface area contributed by atoms with Gasteiger partial charge in [-0.2, -0.15) is 5.10 Å². The molecule has 18 heavy (non-hydrogen) atoms. The van der Waals surface area contributed by atoms with Gasteiger partial charge in [-0.15, -0.1) is 0 Å². The standard InChI is InChI=1S/C14H17N3O/c1-9(2)14(18)17-16-10(3)11-4-5-13-12(8-11)6-7-15-13/h4-9,15H,1-3H3,(H,17,18)/b16-10-. The Morgan fingerprint density at radius 3 is 2.83 bits per heavy atom. The molecule has 0 aliphatic rings. The number of carbonyl (C=O) groups excluding carboxylic acids is 1. The van der Waals surface area contributed by atoms with Gasteiger partial charge >= 0.3 is 0 Å². The number of nitrogens with zero attached hydrogens (tertiary/aromatic N) is 1. The zero-order valence-electron chi connectivity index (χ0n) is 10.8. The second kappa shape index (κ2) is 5.04. The van der Waals surface area contributed by atoms with Crippen LogP contribution in [-0.2, 0) is 4.79 Å². The number of hydrogen-bond acceptors (Lipinski definition) is 2. The molecule has 0 atom stereocenters. The molecule has 0 unspecified atom stereocenters. The molecule has 0 radical (unpaired) electrons. The van der Waals surface area contributed by atoms with Gasteiger partial charge in [0, 0.05) is 23.0 Å². The Hall–Kier alpha value is -2.10. The summed E-state index contributed by atoms with van der Waals surface area (Å²) in [7, 11) is 0. The zero-order chi connectivity index (χ0) is 13.1. The van der Waals surface area contributed by atoms with E-state index >= 15 is 0 Å². The molecular weight excluding hydrogens is 226 g/mol. The summed E-state index contributed by atoms with van der Waals surface area (Å²) in [6.07, 6.45) is 1.90. The number of rotatable bonds is 3. The van der Waals surface area contributed by atoms with Crippen LogP contribution in [0.15, 0.2) is 35.6 Å². The number of H-pyrrole nitrogens is 1. The molecule has 0 saturated heterocycles. The number of benzene rings is 1. The van der Waals surface area contributed by atoms with Crippen LogP contribution in [0.25, 0.3) is 10.9 Å². The van der Waals surface area contributed by atoms with Crippen LogP contribution < -0.4 is 5.43 Å². The molecule has 2 aromatic rings. The van der Waals surface area contributed by atoms with E-state index < -0.39 is 0 Å². The lowest BCUT2D eigenvalue weighted by molar-refractivity contribution is -0.123. The second-order valence-electron chi connectivity index (χ2n) is 4.61. The van der Waals surface area contributed by atoms with E-state index in [1.165, 1.54) is 0 Å². The fraction of sp³-hybridized carbons (Fsp3) is 0.286. The van der Waals surface area contributed by atoms with Crippen LogP contribution in [0.4, 0.5) is 0 Å². The molecule has 1 aromatic heterocycles. The summed E-state index contributed by atoms with van der Waals surface area (Å²) in [6, 6.07) is 8.05. The molecule has 2 rings (SSSR count). The lowest BCUT2D eigenvalue weighted by atomic mass is 10.1. The highest BCUT2D eigenvalue weighted by Crippen LogP contribution is 2.14. The molecule has 0 bridgehead atoms. The van der Waals surface area contributed by atoms with Crippen molar-refractivity contribution in [1.82, 2.24) is 10.4 Å². The number of hydrogen-bond donors (Lipinski definition) is 2. The Labute approximate surface area is 106 Å². The van der Waals surface area contributed by atoms with Crippen LogP contribution in [0, 0.1) is 5.92 Å². The van der Waals surface area contributed by atoms with Gasteiger partial charge in [0.15, 0.2) is 0 Å². The Bertz CT molecular complexity index is 596. The van der Waals surface area contributed by atoms with Gasteiger partial charge in [0.2, 0.25) is 5.91 Å². The van der Waals surface area contributed by atoms with E-state index in [1.807, 2.05) is 51.2 Å². The largest absolute Gasteiger partial charge is 0.361 e. The van der Waals surface area contributed by atoms with Crippen LogP contribution >= 0.6 is 0 Å². The molecule has 4 nitrogen and oxygen atoms in total. The van der Waals surface area contributed by atoms with Gasteiger partial charge in [-0.25, -0.2) is 5.43 Å². The predicted molar refractivity (Wildman–Crippen MR) is 73.5 cm³/mol. The second-order valence-corrected chi connectivity index (χ2v) is 4.61. The van der Waals surface area contributed by atoms with Crippen molar-refractivity contribution >= 4 is 22.5 Å². The van der Waals surface area contributed by atoms with Crippen LogP contribution in [0.2, 0.25) is 0 Å². The quantitative estimate of drug-likeness (QED) is 0.632. The molecule has 0 aliphatic carbocycles. The molecule has 1 aromatic carbocycles. The first-order chi connectivity index (χ1) is 8.58. The van der Waals surface area contributed by atoms with Crippen molar-refractivity contribution in [1.29, 1.82) is 0 Å². The maximum Gasteiger partial charge on any atom is 0.242 e. The summed E-state index contributed by atoms with van der Waals surface area (Å²) in [5, 5.41) is 5.25. The van der Waals surface area contributed by atoms with Crippen LogP contribution in [0.1, 0.15) is 26.3 Å². The van der Waals surface area contributed by atoms with Gasteiger partial charge in [-0.1, -0.05) is 19.9 Å². The van der Waals surface area contributed by atoms with Crippen molar-refractivity contribution in [2.24, 2.45) is 11.0 Å². The maximum absolute atomic E-state index is 11.4. The average molecular weight is 243 g/mol. The van der Waals surface area contributed by atoms with Crippen molar-refractivity contribution in [2.75, 3.05) is 0 Å². The fourth-order valence-corrected chi connectivity index (χ4v) is 1.61. The Morgan fingerprint density at radius 2 is 2.11 bits per heavy atom. The lowest BCUT2D eigenvalue weighted by Gasteiger charge is -2.05. The molecule has 1 amide bonds. The third-order valence-electron chi connectivity index (χ3n) is 2.83. The van der Waals surface area contributed by atoms with E-state index in [-0.39, 0.29) is 11.8 Å². The summed E-state index contributed by atoms with van der Waals surface area (Å²) < 4.78 is 0. The number of nitrogens with one attached hydrogen (secondary N) is 2. The van der Waals surface area contributed by atoms with E-state index in [0.29, 0.717) is 0 Å². The monoisotopic (exact) mass is 243 g/mol. The van der Waals surface area contributed by atoms with Crippen molar-refractivity contribution in [3.05, 3.63) is 36.0 Å². The van der Waals surface area contributed by atoms with Crippen molar-refractivity contribution in [2.45, 2.75) is 20.8 Å². The highest BCUT2D eigenvalue weighted by atomic mass is 16.2. The first-order valence-corrected chi connectivity index (χ1v) is 5.99. The molecule has 4 heteroatoms. The molecular formula is C14H17N3O. The molecule has 0 aliphatic heterocycles. The summed E-state index contributed by atoms with van der Waals surface area (Å²) in [5.74, 6) is -0.134. The molecule has 94 valence electrons. The summed E-state index contributed by atoms with van der Waals surface area (Å²) in [6.45, 7) is 5.56. The maximum atomic E-state index is 11.4. The molecule has 0 fully saturated rings. The first kappa shape index (κ1) is 12.4. The molecule has 0 saturated carbocycles. The summed E-state index contributed by atoms with van der Waals surface area (Å²) in [5.41, 5.74) is 5.46. The van der Waals surface area contributed by atoms with Crippen molar-refractivity contribution in [3.63, 3.8) is 0 Å². The number of carbonyl (C=O) groups is 1. The van der Waals surface area contributed by atoms with Crippen LogP contribution in [0.5, 0.6) is 0 Å². The smallest absolute Gasteiger partial charge is 0.242 e. The first-order valence-electron chi connectivity index (χ1n) is 5.99. The van der Waals surface area contributed by atoms with Crippen molar-refractivity contribution in [3.8, 4) is 0 Å². The predicted octanol–water partition coefficient (Wildman–Crippen LogP) is 2.66. The highest BCUT2D eigenvalue weighted by Gasteiger charge is 2.06. The fourth-order valence-electron chi connectivity index (χ4n) is 1.61. The van der Waals surface area contributed by atoms with Gasteiger partial charge in [-0.05, 0) is 30.7 Å². The van der Waals surface area contributed by atoms with E-state index in [4.69, 9.17) is 0 Å². The number of amides is 1. The van der Waals surface area contributed by atoms with E-state index in [0.717, 1.165) is 22.2 Å². The molecule has 2 N–H and O–H groups in total. The van der Waals surface area contributed by atoms with Gasteiger partial charge in [0.05, 0.1) is 5.71 Å². The van der Waals surface area contributed by atoms with E-state index in [9.17, 15) is 4.79 Å². The minimum absolute atomic E-state index is 0.0614. The average Bonchev–Trinajstić information content (AvgIpc) is 2.82. The molecule has 0 spiro atoms. The van der Waals surface area contributed by atoms with Crippen LogP contribution in [-0.4, -0.2) is 16.6 Å². The number of aromatic nitrogens is 1. The van der Waals surface area contributed by atoms with Gasteiger partial charge in [-0.3, -0.25) is 4.79 Å². The van der Waals surface area contributed by atoms with Crippen molar-refractivity contribution < 1.29 is 4.79 Å². The van der Waals surface area contributed by atoms with E-state index in [2.05, 4.69) is 15.5 Å². The topological polar surface area (TPSA) is 57.2 Å². The summed E-state index contributed by atoms with van der Waals surface area (Å²) in [4.78, 5) is 14.6. The minimum Gasteiger partial charge on any atom is -0.361 e. The third kappa shape index (κ3) is 2.59. The number of hydrazone groups is 1. The normalized spacial score (nSPS) is 12.1. The number of aromatic amines is 1. The highest BCUT2D eigenvalue weighted by molar-refractivity contribution is 6.02. The lowest BCUT2D eigenvalue weighted by Crippen LogP contribution is -2.24. The van der Waals surface area contributed by atoms with Gasteiger partial charge in [0.25, 0.3) is 0 Å². The SMILES string of the molecule is C/C(=N/NC(=O)C(C)C)c1ccc2[nH]ccc2c1. The Kier molecular flexibility index (Phi) is 3.46. The number of fused-ring (bicyclic) bond motifs is 1. The zero-order valence-corrected chi connectivity index (χ0v) is 10.8. The minimum atomic E-state index is -0.0722. The van der Waals surface area contributed by atoms with Crippen LogP contribution in [0.3, 0.4) is 0 Å².